The molecule has 0 fully saturated rings. The van der Waals surface area contributed by atoms with E-state index in [2.05, 4.69) is 0 Å². The summed E-state index contributed by atoms with van der Waals surface area (Å²) in [5, 5.41) is 0. The minimum atomic E-state index is -5.61. The Morgan fingerprint density at radius 3 is 1.91 bits per heavy atom. The van der Waals surface area contributed by atoms with Gasteiger partial charge in [-0.25, -0.2) is 14.4 Å². The molecule has 0 saturated heterocycles. The van der Waals surface area contributed by atoms with Crippen LogP contribution in [0, 0.1) is 5.41 Å². The molecule has 0 aliphatic rings. The van der Waals surface area contributed by atoms with Gasteiger partial charge in [-0.2, -0.15) is 22.0 Å². The second-order valence-electron chi connectivity index (χ2n) is 11.2. The monoisotopic (exact) mass is 664 g/mol. The minimum absolute atomic E-state index is 0.0340. The molecule has 9 nitrogen and oxygen atoms in total. The van der Waals surface area contributed by atoms with Crippen molar-refractivity contribution in [3.8, 4) is 11.5 Å². The first-order chi connectivity index (χ1) is 21.9. The third kappa shape index (κ3) is 11.6. The van der Waals surface area contributed by atoms with Crippen LogP contribution in [-0.4, -0.2) is 49.8 Å². The lowest BCUT2D eigenvalue weighted by atomic mass is 9.96. The molecule has 0 atom stereocenters. The van der Waals surface area contributed by atoms with Crippen LogP contribution >= 0.6 is 0 Å². The second kappa shape index (κ2) is 15.4. The van der Waals surface area contributed by atoms with Crippen LogP contribution in [0.25, 0.3) is 6.08 Å². The first-order valence-electron chi connectivity index (χ1n) is 14.1. The van der Waals surface area contributed by atoms with Crippen molar-refractivity contribution >= 4 is 35.4 Å². The smallest absolute Gasteiger partial charge is 0.453 e. The van der Waals surface area contributed by atoms with Crippen LogP contribution in [0.15, 0.2) is 72.8 Å². The fourth-order valence-electron chi connectivity index (χ4n) is 3.79. The maximum Gasteiger partial charge on any atom is 0.453 e. The van der Waals surface area contributed by atoms with Crippen LogP contribution in [0.5, 0.6) is 11.5 Å². The van der Waals surface area contributed by atoms with E-state index in [1.165, 1.54) is 66.7 Å². The number of carbonyl (C=O) groups is 3. The van der Waals surface area contributed by atoms with Gasteiger partial charge in [-0.1, -0.05) is 26.0 Å². The number of nitrogens with two attached hydrogens (primary N) is 2. The SMILES string of the molecule is CC(C)(COC(=O)/C=C/c1ccc(OC(=O)c2ccc(OCCCC(F)(F)C(F)(F)F)cc2)cc1)COC(=O)c1cc(N)cc(N)c1. The third-order valence-corrected chi connectivity index (χ3v) is 6.32. The van der Waals surface area contributed by atoms with Crippen molar-refractivity contribution in [1.29, 1.82) is 0 Å². The summed E-state index contributed by atoms with van der Waals surface area (Å²) >= 11 is 0. The van der Waals surface area contributed by atoms with Crippen LogP contribution in [-0.2, 0) is 14.3 Å². The van der Waals surface area contributed by atoms with E-state index in [0.717, 1.165) is 0 Å². The average molecular weight is 665 g/mol. The van der Waals surface area contributed by atoms with Crippen LogP contribution in [0.4, 0.5) is 33.3 Å². The molecule has 0 spiro atoms. The molecule has 0 bridgehead atoms. The van der Waals surface area contributed by atoms with Crippen molar-refractivity contribution < 1.29 is 55.3 Å². The zero-order chi connectivity index (χ0) is 34.8. The highest BCUT2D eigenvalue weighted by atomic mass is 19.4. The number of hydrogen-bond donors (Lipinski definition) is 2. The quantitative estimate of drug-likeness (QED) is 0.0472. The van der Waals surface area contributed by atoms with Gasteiger partial charge >= 0.3 is 30.0 Å². The van der Waals surface area contributed by atoms with Crippen molar-refractivity contribution in [2.45, 2.75) is 38.8 Å². The van der Waals surface area contributed by atoms with E-state index < -0.39 is 48.3 Å². The van der Waals surface area contributed by atoms with E-state index in [9.17, 15) is 36.3 Å². The summed E-state index contributed by atoms with van der Waals surface area (Å²) in [7, 11) is 0. The van der Waals surface area contributed by atoms with Gasteiger partial charge in [-0.05, 0) is 72.7 Å². The number of ether oxygens (including phenoxy) is 4. The summed E-state index contributed by atoms with van der Waals surface area (Å²) in [4.78, 5) is 37.0. The molecule has 4 N–H and O–H groups in total. The first-order valence-corrected chi connectivity index (χ1v) is 14.1. The number of anilines is 2. The maximum absolute atomic E-state index is 13.0. The first kappa shape index (κ1) is 36.3. The van der Waals surface area contributed by atoms with Gasteiger partial charge in [-0.15, -0.1) is 0 Å². The molecule has 14 heteroatoms. The molecule has 3 rings (SSSR count). The predicted molar refractivity (Wildman–Crippen MR) is 163 cm³/mol. The van der Waals surface area contributed by atoms with Gasteiger partial charge in [-0.3, -0.25) is 0 Å². The molecule has 252 valence electrons. The number of alkyl halides is 5. The van der Waals surface area contributed by atoms with E-state index in [4.69, 9.17) is 30.4 Å². The lowest BCUT2D eigenvalue weighted by Crippen LogP contribution is -2.36. The Morgan fingerprint density at radius 1 is 0.745 bits per heavy atom. The zero-order valence-corrected chi connectivity index (χ0v) is 25.4. The van der Waals surface area contributed by atoms with Gasteiger partial charge in [0.25, 0.3) is 0 Å². The van der Waals surface area contributed by atoms with Crippen molar-refractivity contribution in [1.82, 2.24) is 0 Å². The van der Waals surface area contributed by atoms with Gasteiger partial charge in [0.05, 0.1) is 30.9 Å². The molecule has 0 amide bonds. The fraction of sp³-hybridized carbons (Fsp3) is 0.303. The van der Waals surface area contributed by atoms with E-state index in [-0.39, 0.29) is 42.4 Å². The molecule has 47 heavy (non-hydrogen) atoms. The Hall–Kier alpha value is -5.14. The zero-order valence-electron chi connectivity index (χ0n) is 25.4. The molecule has 0 radical (unpaired) electrons. The van der Waals surface area contributed by atoms with Gasteiger partial charge in [0.2, 0.25) is 0 Å². The number of halogens is 5. The summed E-state index contributed by atoms with van der Waals surface area (Å²) in [6, 6.07) is 16.0. The average Bonchev–Trinajstić information content (AvgIpc) is 3.00. The van der Waals surface area contributed by atoms with Crippen molar-refractivity contribution in [3.63, 3.8) is 0 Å². The van der Waals surface area contributed by atoms with Gasteiger partial charge in [0.1, 0.15) is 11.5 Å². The Balaban J connectivity index is 1.41. The molecule has 0 aliphatic carbocycles. The van der Waals surface area contributed by atoms with Crippen molar-refractivity contribution in [2.24, 2.45) is 5.41 Å². The van der Waals surface area contributed by atoms with Crippen LogP contribution in [0.3, 0.4) is 0 Å². The molecule has 3 aromatic carbocycles. The van der Waals surface area contributed by atoms with Gasteiger partial charge in [0.15, 0.2) is 0 Å². The lowest BCUT2D eigenvalue weighted by Gasteiger charge is -2.23. The summed E-state index contributed by atoms with van der Waals surface area (Å²) in [6.07, 6.45) is -4.83. The number of carbonyl (C=O) groups excluding carboxylic acids is 3. The molecular weight excluding hydrogens is 631 g/mol. The molecule has 0 aromatic heterocycles. The Labute approximate surface area is 267 Å². The number of nitrogen functional groups attached to an aromatic ring is 2. The highest BCUT2D eigenvalue weighted by Crippen LogP contribution is 2.38. The van der Waals surface area contributed by atoms with E-state index in [1.807, 2.05) is 0 Å². The van der Waals surface area contributed by atoms with Gasteiger partial charge in [0, 0.05) is 29.3 Å². The van der Waals surface area contributed by atoms with Crippen LogP contribution < -0.4 is 20.9 Å². The molecule has 0 unspecified atom stereocenters. The summed E-state index contributed by atoms with van der Waals surface area (Å²) in [5.41, 5.74) is 12.3. The number of esters is 3. The van der Waals surface area contributed by atoms with Crippen LogP contribution in [0.1, 0.15) is 53.0 Å². The Kier molecular flexibility index (Phi) is 11.9. The second-order valence-corrected chi connectivity index (χ2v) is 11.2. The van der Waals surface area contributed by atoms with Crippen molar-refractivity contribution in [3.05, 3.63) is 89.5 Å². The van der Waals surface area contributed by atoms with E-state index >= 15 is 0 Å². The minimum Gasteiger partial charge on any atom is -0.494 e. The lowest BCUT2D eigenvalue weighted by molar-refractivity contribution is -0.284. The fourth-order valence-corrected chi connectivity index (χ4v) is 3.79. The van der Waals surface area contributed by atoms with E-state index in [0.29, 0.717) is 16.9 Å². The Bertz CT molecular complexity index is 1550. The molecule has 3 aromatic rings. The molecule has 0 saturated carbocycles. The molecular formula is C33H33F5N2O7. The number of benzene rings is 3. The number of hydrogen-bond acceptors (Lipinski definition) is 9. The normalized spacial score (nSPS) is 12.1. The topological polar surface area (TPSA) is 140 Å². The highest BCUT2D eigenvalue weighted by molar-refractivity contribution is 5.92. The van der Waals surface area contributed by atoms with E-state index in [1.54, 1.807) is 26.0 Å². The largest absolute Gasteiger partial charge is 0.494 e. The molecule has 0 heterocycles. The highest BCUT2D eigenvalue weighted by Gasteiger charge is 2.56. The summed E-state index contributed by atoms with van der Waals surface area (Å²) < 4.78 is 83.7. The summed E-state index contributed by atoms with van der Waals surface area (Å²) in [6.45, 7) is 3.07. The predicted octanol–water partition coefficient (Wildman–Crippen LogP) is 6.87. The number of rotatable bonds is 14. The standard InChI is InChI=1S/C33H33F5N2O7/c1-31(2,20-46-29(42)23-16-24(39)18-25(40)17-23)19-45-28(41)13-6-21-4-9-27(10-5-21)47-30(43)22-7-11-26(12-8-22)44-15-3-14-32(34,35)33(36,37)38/h4-13,16-18H,3,14-15,19-20,39-40H2,1-2H3/b13-6+. The Morgan fingerprint density at radius 2 is 1.32 bits per heavy atom. The molecule has 0 aliphatic heterocycles. The van der Waals surface area contributed by atoms with Gasteiger partial charge < -0.3 is 30.4 Å². The third-order valence-electron chi connectivity index (χ3n) is 6.32. The van der Waals surface area contributed by atoms with Crippen LogP contribution in [0.2, 0.25) is 0 Å². The summed E-state index contributed by atoms with van der Waals surface area (Å²) in [5.74, 6) is -6.36. The van der Waals surface area contributed by atoms with Crippen molar-refractivity contribution in [2.75, 3.05) is 31.3 Å². The maximum atomic E-state index is 13.0.